The molecule has 0 saturated heterocycles. The van der Waals surface area contributed by atoms with Crippen LogP contribution in [-0.2, 0) is 4.79 Å². The van der Waals surface area contributed by atoms with E-state index < -0.39 is 6.04 Å². The van der Waals surface area contributed by atoms with E-state index >= 15 is 0 Å². The summed E-state index contributed by atoms with van der Waals surface area (Å²) in [6, 6.07) is 11.9. The maximum absolute atomic E-state index is 12.4. The summed E-state index contributed by atoms with van der Waals surface area (Å²) >= 11 is 12.3. The molecule has 0 bridgehead atoms. The molecule has 0 aliphatic rings. The highest BCUT2D eigenvalue weighted by atomic mass is 35.5. The fraction of sp³-hybridized carbons (Fsp3) is 0.238. The number of nitrogens with one attached hydrogen (secondary N) is 1. The van der Waals surface area contributed by atoms with Gasteiger partial charge in [-0.15, -0.1) is 0 Å². The van der Waals surface area contributed by atoms with E-state index in [1.807, 2.05) is 25.1 Å². The number of unbranched alkanes of at least 4 members (excludes halogenated alkanes) is 1. The van der Waals surface area contributed by atoms with Gasteiger partial charge in [0.2, 0.25) is 5.91 Å². The largest absolute Gasteiger partial charge is 0.505 e. The van der Waals surface area contributed by atoms with Crippen molar-refractivity contribution >= 4 is 40.0 Å². The van der Waals surface area contributed by atoms with Crippen molar-refractivity contribution in [3.8, 4) is 5.75 Å². The van der Waals surface area contributed by atoms with E-state index in [9.17, 15) is 9.90 Å². The van der Waals surface area contributed by atoms with Gasteiger partial charge in [-0.05, 0) is 36.2 Å². The van der Waals surface area contributed by atoms with Crippen molar-refractivity contribution in [2.45, 2.75) is 32.2 Å². The number of halogens is 2. The molecule has 1 amide bonds. The van der Waals surface area contributed by atoms with E-state index in [0.29, 0.717) is 33.1 Å². The van der Waals surface area contributed by atoms with Crippen LogP contribution in [0.25, 0.3) is 10.9 Å². The predicted molar refractivity (Wildman–Crippen MR) is 109 cm³/mol. The maximum atomic E-state index is 12.4. The van der Waals surface area contributed by atoms with Crippen molar-refractivity contribution in [3.05, 3.63) is 69.8 Å². The van der Waals surface area contributed by atoms with E-state index in [2.05, 4.69) is 10.3 Å². The zero-order valence-corrected chi connectivity index (χ0v) is 16.4. The number of amides is 1. The lowest BCUT2D eigenvalue weighted by molar-refractivity contribution is -0.121. The number of phenolic OH excluding ortho intramolecular Hbond substituents is 1. The Morgan fingerprint density at radius 3 is 2.63 bits per heavy atom. The quantitative estimate of drug-likeness (QED) is 0.560. The van der Waals surface area contributed by atoms with Gasteiger partial charge in [-0.3, -0.25) is 9.78 Å². The van der Waals surface area contributed by atoms with Crippen molar-refractivity contribution < 1.29 is 9.90 Å². The maximum Gasteiger partial charge on any atom is 0.220 e. The van der Waals surface area contributed by atoms with Crippen LogP contribution in [0.3, 0.4) is 0 Å². The number of rotatable bonds is 6. The van der Waals surface area contributed by atoms with Gasteiger partial charge in [0.15, 0.2) is 0 Å². The smallest absolute Gasteiger partial charge is 0.220 e. The number of carbonyl (C=O) groups is 1. The van der Waals surface area contributed by atoms with Crippen LogP contribution in [0.15, 0.2) is 48.7 Å². The van der Waals surface area contributed by atoms with Crippen LogP contribution < -0.4 is 5.32 Å². The lowest BCUT2D eigenvalue weighted by Gasteiger charge is -2.22. The summed E-state index contributed by atoms with van der Waals surface area (Å²) in [5, 5.41) is 15.6. The Bertz CT molecular complexity index is 955. The summed E-state index contributed by atoms with van der Waals surface area (Å²) in [7, 11) is 0. The Morgan fingerprint density at radius 1 is 1.19 bits per heavy atom. The molecule has 140 valence electrons. The Hall–Kier alpha value is -2.30. The Kier molecular flexibility index (Phi) is 6.19. The van der Waals surface area contributed by atoms with Gasteiger partial charge in [0.05, 0.1) is 6.04 Å². The Balaban J connectivity index is 2.09. The van der Waals surface area contributed by atoms with Crippen molar-refractivity contribution in [3.63, 3.8) is 0 Å². The van der Waals surface area contributed by atoms with E-state index in [1.54, 1.807) is 30.5 Å². The van der Waals surface area contributed by atoms with Crippen molar-refractivity contribution in [1.29, 1.82) is 0 Å². The topological polar surface area (TPSA) is 62.2 Å². The fourth-order valence-corrected chi connectivity index (χ4v) is 3.57. The summed E-state index contributed by atoms with van der Waals surface area (Å²) in [6.45, 7) is 2.03. The molecule has 2 aromatic carbocycles. The molecule has 0 saturated carbocycles. The number of fused-ring (bicyclic) bond motifs is 1. The molecule has 4 nitrogen and oxygen atoms in total. The normalized spacial score (nSPS) is 12.1. The molecule has 0 fully saturated rings. The molecule has 0 aliphatic carbocycles. The second-order valence-electron chi connectivity index (χ2n) is 6.39. The summed E-state index contributed by atoms with van der Waals surface area (Å²) in [5.74, 6) is -0.0662. The molecule has 2 N–H and O–H groups in total. The Labute approximate surface area is 168 Å². The third kappa shape index (κ3) is 4.52. The number of hydrogen-bond donors (Lipinski definition) is 2. The van der Waals surface area contributed by atoms with Gasteiger partial charge in [0.25, 0.3) is 0 Å². The molecular formula is C21H20Cl2N2O2. The first-order valence-corrected chi connectivity index (χ1v) is 9.57. The highest BCUT2D eigenvalue weighted by Gasteiger charge is 2.22. The number of aromatic nitrogens is 1. The molecule has 1 aromatic heterocycles. The number of pyridine rings is 1. The van der Waals surface area contributed by atoms with E-state index in [1.165, 1.54) is 0 Å². The molecular weight excluding hydrogens is 383 g/mol. The van der Waals surface area contributed by atoms with Crippen molar-refractivity contribution in [2.24, 2.45) is 0 Å². The molecule has 1 unspecified atom stereocenters. The van der Waals surface area contributed by atoms with Gasteiger partial charge in [0, 0.05) is 33.6 Å². The van der Waals surface area contributed by atoms with Crippen molar-refractivity contribution in [2.75, 3.05) is 0 Å². The average molecular weight is 403 g/mol. The monoisotopic (exact) mass is 402 g/mol. The third-order valence-electron chi connectivity index (χ3n) is 4.37. The predicted octanol–water partition coefficient (Wildman–Crippen LogP) is 5.64. The zero-order valence-electron chi connectivity index (χ0n) is 14.9. The highest BCUT2D eigenvalue weighted by Crippen LogP contribution is 2.36. The Morgan fingerprint density at radius 2 is 1.93 bits per heavy atom. The molecule has 3 rings (SSSR count). The second-order valence-corrected chi connectivity index (χ2v) is 7.26. The SMILES string of the molecule is CCCCC(=O)NC(c1cc(Cl)cc(Cl)c1)c1ccc2cccnc2c1O. The summed E-state index contributed by atoms with van der Waals surface area (Å²) < 4.78 is 0. The summed E-state index contributed by atoms with van der Waals surface area (Å²) in [5.41, 5.74) is 1.73. The van der Waals surface area contributed by atoms with Crippen LogP contribution in [0, 0.1) is 0 Å². The highest BCUT2D eigenvalue weighted by molar-refractivity contribution is 6.34. The minimum Gasteiger partial charge on any atom is -0.505 e. The fourth-order valence-electron chi connectivity index (χ4n) is 3.03. The van der Waals surface area contributed by atoms with Crippen LogP contribution in [0.1, 0.15) is 43.4 Å². The van der Waals surface area contributed by atoms with Gasteiger partial charge < -0.3 is 10.4 Å². The van der Waals surface area contributed by atoms with Gasteiger partial charge >= 0.3 is 0 Å². The van der Waals surface area contributed by atoms with Crippen LogP contribution in [0.5, 0.6) is 5.75 Å². The van der Waals surface area contributed by atoms with Gasteiger partial charge in [-0.1, -0.05) is 54.7 Å². The summed E-state index contributed by atoms with van der Waals surface area (Å²) in [6.07, 6.45) is 3.75. The number of phenols is 1. The van der Waals surface area contributed by atoms with Gasteiger partial charge in [-0.2, -0.15) is 0 Å². The van der Waals surface area contributed by atoms with E-state index in [4.69, 9.17) is 23.2 Å². The van der Waals surface area contributed by atoms with Crippen molar-refractivity contribution in [1.82, 2.24) is 10.3 Å². The molecule has 1 atom stereocenters. The van der Waals surface area contributed by atoms with Gasteiger partial charge in [0.1, 0.15) is 11.3 Å². The minimum absolute atomic E-state index is 0.0324. The van der Waals surface area contributed by atoms with E-state index in [0.717, 1.165) is 18.2 Å². The van der Waals surface area contributed by atoms with Crippen LogP contribution >= 0.6 is 23.2 Å². The molecule has 27 heavy (non-hydrogen) atoms. The zero-order chi connectivity index (χ0) is 19.4. The molecule has 1 heterocycles. The van der Waals surface area contributed by atoms with Gasteiger partial charge in [-0.25, -0.2) is 0 Å². The lowest BCUT2D eigenvalue weighted by atomic mass is 9.96. The first-order chi connectivity index (χ1) is 13.0. The minimum atomic E-state index is -0.586. The molecule has 0 radical (unpaired) electrons. The van der Waals surface area contributed by atoms with E-state index in [-0.39, 0.29) is 11.7 Å². The molecule has 0 aliphatic heterocycles. The second kappa shape index (κ2) is 8.59. The number of hydrogen-bond acceptors (Lipinski definition) is 3. The number of aromatic hydroxyl groups is 1. The standard InChI is InChI=1S/C21H20Cl2N2O2/c1-2-3-6-18(26)25-19(14-10-15(22)12-16(23)11-14)17-8-7-13-5-4-9-24-20(13)21(17)27/h4-5,7-12,19,27H,2-3,6H2,1H3,(H,25,26). The average Bonchev–Trinajstić information content (AvgIpc) is 2.64. The molecule has 6 heteroatoms. The number of carbonyl (C=O) groups excluding carboxylic acids is 1. The van der Waals surface area contributed by atoms with Crippen LogP contribution in [-0.4, -0.2) is 16.0 Å². The first kappa shape index (κ1) is 19.5. The number of nitrogens with zero attached hydrogens (tertiary/aromatic N) is 1. The lowest BCUT2D eigenvalue weighted by Crippen LogP contribution is -2.29. The molecule has 0 spiro atoms. The first-order valence-electron chi connectivity index (χ1n) is 8.81. The van der Waals surface area contributed by atoms with Crippen LogP contribution in [0.2, 0.25) is 10.0 Å². The summed E-state index contributed by atoms with van der Waals surface area (Å²) in [4.78, 5) is 16.7. The third-order valence-corrected chi connectivity index (χ3v) is 4.81. The van der Waals surface area contributed by atoms with Crippen LogP contribution in [0.4, 0.5) is 0 Å². The molecule has 3 aromatic rings. The number of benzene rings is 2.